The second-order valence-corrected chi connectivity index (χ2v) is 7.64. The van der Waals surface area contributed by atoms with Gasteiger partial charge in [0.05, 0.1) is 0 Å². The minimum Gasteiger partial charge on any atom is -0.373 e. The number of likely N-dealkylation sites (N-methyl/N-ethyl adjacent to an activating group) is 1. The highest BCUT2D eigenvalue weighted by atomic mass is 32.2. The van der Waals surface area contributed by atoms with Gasteiger partial charge in [0.1, 0.15) is 10.7 Å². The van der Waals surface area contributed by atoms with Gasteiger partial charge >= 0.3 is 0 Å². The summed E-state index contributed by atoms with van der Waals surface area (Å²) in [7, 11) is 0.305. The molecule has 2 heterocycles. The van der Waals surface area contributed by atoms with Crippen LogP contribution in [-0.4, -0.2) is 61.9 Å². The summed E-state index contributed by atoms with van der Waals surface area (Å²) in [5, 5.41) is 2.88. The van der Waals surface area contributed by atoms with E-state index < -0.39 is 10.0 Å². The Kier molecular flexibility index (Phi) is 4.04. The molecule has 0 amide bonds. The molecule has 1 N–H and O–H groups in total. The maximum atomic E-state index is 12.6. The molecule has 1 aromatic heterocycles. The van der Waals surface area contributed by atoms with Gasteiger partial charge in [0.25, 0.3) is 0 Å². The molecule has 1 aliphatic heterocycles. The van der Waals surface area contributed by atoms with E-state index >= 15 is 0 Å². The van der Waals surface area contributed by atoms with Gasteiger partial charge in [-0.05, 0) is 33.0 Å². The van der Waals surface area contributed by atoms with Gasteiger partial charge in [-0.15, -0.1) is 0 Å². The van der Waals surface area contributed by atoms with Gasteiger partial charge in [-0.25, -0.2) is 13.4 Å². The largest absolute Gasteiger partial charge is 0.373 e. The molecule has 20 heavy (non-hydrogen) atoms. The topological polar surface area (TPSA) is 65.5 Å². The summed E-state index contributed by atoms with van der Waals surface area (Å²) in [6.07, 6.45) is 1.41. The fourth-order valence-electron chi connectivity index (χ4n) is 2.23. The summed E-state index contributed by atoms with van der Waals surface area (Å²) < 4.78 is 26.8. The quantitative estimate of drug-likeness (QED) is 0.896. The van der Waals surface area contributed by atoms with E-state index in [2.05, 4.69) is 29.0 Å². The molecule has 1 fully saturated rings. The third kappa shape index (κ3) is 2.79. The monoisotopic (exact) mass is 298 g/mol. The number of rotatable bonds is 3. The van der Waals surface area contributed by atoms with E-state index in [1.54, 1.807) is 23.5 Å². The number of hydrogen-bond acceptors (Lipinski definition) is 5. The van der Waals surface area contributed by atoms with Gasteiger partial charge in [-0.1, -0.05) is 0 Å². The minimum absolute atomic E-state index is 0.163. The van der Waals surface area contributed by atoms with Gasteiger partial charge in [0, 0.05) is 38.4 Å². The summed E-state index contributed by atoms with van der Waals surface area (Å²) >= 11 is 0. The molecule has 112 valence electrons. The zero-order chi connectivity index (χ0) is 15.0. The van der Waals surface area contributed by atoms with Gasteiger partial charge in [0.15, 0.2) is 0 Å². The fraction of sp³-hybridized carbons (Fsp3) is 0.615. The van der Waals surface area contributed by atoms with Crippen LogP contribution in [0.3, 0.4) is 0 Å². The van der Waals surface area contributed by atoms with Crippen molar-refractivity contribution in [1.29, 1.82) is 0 Å². The van der Waals surface area contributed by atoms with E-state index in [9.17, 15) is 8.42 Å². The molecule has 0 aromatic carbocycles. The Hall–Kier alpha value is -1.18. The average Bonchev–Trinajstić information content (AvgIpc) is 2.41. The van der Waals surface area contributed by atoms with E-state index in [0.29, 0.717) is 18.9 Å². The van der Waals surface area contributed by atoms with Crippen LogP contribution >= 0.6 is 0 Å². The molecule has 0 aliphatic carbocycles. The molecule has 6 nitrogen and oxygen atoms in total. The molecule has 0 unspecified atom stereocenters. The predicted octanol–water partition coefficient (Wildman–Crippen LogP) is 0.838. The number of nitrogens with zero attached hydrogens (tertiary/aromatic N) is 3. The molecule has 0 atom stereocenters. The Morgan fingerprint density at radius 2 is 2.00 bits per heavy atom. The first-order chi connectivity index (χ1) is 9.27. The van der Waals surface area contributed by atoms with E-state index in [0.717, 1.165) is 6.54 Å². The lowest BCUT2D eigenvalue weighted by atomic mass is 10.0. The first-order valence-electron chi connectivity index (χ1n) is 6.62. The zero-order valence-electron chi connectivity index (χ0n) is 12.4. The maximum Gasteiger partial charge on any atom is 0.244 e. The van der Waals surface area contributed by atoms with Crippen molar-refractivity contribution in [1.82, 2.24) is 14.2 Å². The van der Waals surface area contributed by atoms with Gasteiger partial charge in [-0.2, -0.15) is 4.31 Å². The fourth-order valence-corrected chi connectivity index (χ4v) is 3.76. The van der Waals surface area contributed by atoms with Crippen molar-refractivity contribution in [3.63, 3.8) is 0 Å². The molecule has 2 rings (SSSR count). The molecular formula is C13H22N4O2S. The number of piperazine rings is 1. The standard InChI is InChI=1S/C13H22N4O2S/c1-13(2)10-17(8-7-16(13)4)20(18,19)11-5-6-12(14-3)15-9-11/h5-6,9H,7-8,10H2,1-4H3,(H,14,15). The van der Waals surface area contributed by atoms with Crippen molar-refractivity contribution in [2.75, 3.05) is 39.0 Å². The first-order valence-corrected chi connectivity index (χ1v) is 8.06. The Balaban J connectivity index is 2.26. The van der Waals surface area contributed by atoms with E-state index in [-0.39, 0.29) is 10.4 Å². The number of nitrogens with one attached hydrogen (secondary N) is 1. The van der Waals surface area contributed by atoms with Crippen LogP contribution in [0.5, 0.6) is 0 Å². The van der Waals surface area contributed by atoms with Crippen LogP contribution in [0.4, 0.5) is 5.82 Å². The van der Waals surface area contributed by atoms with Crippen molar-refractivity contribution >= 4 is 15.8 Å². The molecular weight excluding hydrogens is 276 g/mol. The van der Waals surface area contributed by atoms with Crippen LogP contribution in [0.2, 0.25) is 0 Å². The highest BCUT2D eigenvalue weighted by Gasteiger charge is 2.37. The normalized spacial score (nSPS) is 20.8. The summed E-state index contributed by atoms with van der Waals surface area (Å²) in [4.78, 5) is 6.51. The average molecular weight is 298 g/mol. The molecule has 0 saturated carbocycles. The van der Waals surface area contributed by atoms with Crippen LogP contribution in [0.1, 0.15) is 13.8 Å². The number of aromatic nitrogens is 1. The van der Waals surface area contributed by atoms with Crippen LogP contribution in [0.25, 0.3) is 0 Å². The van der Waals surface area contributed by atoms with E-state index in [4.69, 9.17) is 0 Å². The van der Waals surface area contributed by atoms with Crippen LogP contribution in [0.15, 0.2) is 23.2 Å². The van der Waals surface area contributed by atoms with E-state index in [1.165, 1.54) is 6.20 Å². The Labute approximate surface area is 120 Å². The lowest BCUT2D eigenvalue weighted by molar-refractivity contribution is 0.0801. The van der Waals surface area contributed by atoms with Crippen LogP contribution in [0, 0.1) is 0 Å². The first kappa shape index (κ1) is 15.2. The molecule has 1 aromatic rings. The van der Waals surface area contributed by atoms with Crippen molar-refractivity contribution in [2.24, 2.45) is 0 Å². The smallest absolute Gasteiger partial charge is 0.244 e. The Morgan fingerprint density at radius 3 is 2.50 bits per heavy atom. The minimum atomic E-state index is -3.47. The molecule has 0 bridgehead atoms. The lowest BCUT2D eigenvalue weighted by Crippen LogP contribution is -2.58. The summed E-state index contributed by atoms with van der Waals surface area (Å²) in [6.45, 7) is 5.83. The van der Waals surface area contributed by atoms with Gasteiger partial charge in [-0.3, -0.25) is 4.90 Å². The third-order valence-corrected chi connectivity index (χ3v) is 5.74. The molecule has 1 saturated heterocycles. The Bertz CT molecular complexity index is 569. The number of sulfonamides is 1. The van der Waals surface area contributed by atoms with Crippen molar-refractivity contribution in [3.8, 4) is 0 Å². The highest BCUT2D eigenvalue weighted by molar-refractivity contribution is 7.89. The lowest BCUT2D eigenvalue weighted by Gasteiger charge is -2.44. The Morgan fingerprint density at radius 1 is 1.30 bits per heavy atom. The summed E-state index contributed by atoms with van der Waals surface area (Å²) in [6, 6.07) is 3.27. The van der Waals surface area contributed by atoms with Gasteiger partial charge in [0.2, 0.25) is 10.0 Å². The van der Waals surface area contributed by atoms with Crippen LogP contribution < -0.4 is 5.32 Å². The predicted molar refractivity (Wildman–Crippen MR) is 79.3 cm³/mol. The van der Waals surface area contributed by atoms with Crippen molar-refractivity contribution in [2.45, 2.75) is 24.3 Å². The third-order valence-electron chi connectivity index (χ3n) is 3.91. The van der Waals surface area contributed by atoms with Crippen molar-refractivity contribution < 1.29 is 8.42 Å². The van der Waals surface area contributed by atoms with Crippen molar-refractivity contribution in [3.05, 3.63) is 18.3 Å². The second kappa shape index (κ2) is 5.31. The maximum absolute atomic E-state index is 12.6. The molecule has 0 radical (unpaired) electrons. The molecule has 7 heteroatoms. The summed E-state index contributed by atoms with van der Waals surface area (Å²) in [5.74, 6) is 0.655. The summed E-state index contributed by atoms with van der Waals surface area (Å²) in [5.41, 5.74) is -0.163. The number of pyridine rings is 1. The van der Waals surface area contributed by atoms with Crippen LogP contribution in [-0.2, 0) is 10.0 Å². The van der Waals surface area contributed by atoms with Gasteiger partial charge < -0.3 is 5.32 Å². The molecule has 0 spiro atoms. The number of hydrogen-bond donors (Lipinski definition) is 1. The highest BCUT2D eigenvalue weighted by Crippen LogP contribution is 2.24. The number of anilines is 1. The van der Waals surface area contributed by atoms with E-state index in [1.807, 2.05) is 7.05 Å². The zero-order valence-corrected chi connectivity index (χ0v) is 13.2. The second-order valence-electron chi connectivity index (χ2n) is 5.70. The molecule has 1 aliphatic rings. The SMILES string of the molecule is CNc1ccc(S(=O)(=O)N2CCN(C)C(C)(C)C2)cn1.